The van der Waals surface area contributed by atoms with E-state index in [4.69, 9.17) is 48.1 Å². The van der Waals surface area contributed by atoms with E-state index in [1.165, 1.54) is 11.1 Å². The molecule has 13 nitrogen and oxygen atoms in total. The first-order chi connectivity index (χ1) is 68.7. The first-order valence-corrected chi connectivity index (χ1v) is 46.3. The predicted octanol–water partition coefficient (Wildman–Crippen LogP) is 32.5. The number of fused-ring (bicyclic) bond motifs is 10. The van der Waals surface area contributed by atoms with Crippen LogP contribution in [0.2, 0.25) is 0 Å². The van der Waals surface area contributed by atoms with Gasteiger partial charge in [0.2, 0.25) is 0 Å². The molecule has 0 fully saturated rings. The summed E-state index contributed by atoms with van der Waals surface area (Å²) in [5.41, 5.74) is 36.2. The van der Waals surface area contributed by atoms with E-state index < -0.39 is 0 Å². The van der Waals surface area contributed by atoms with Gasteiger partial charge >= 0.3 is 0 Å². The summed E-state index contributed by atoms with van der Waals surface area (Å²) in [5, 5.41) is 6.76. The van der Waals surface area contributed by atoms with Crippen molar-refractivity contribution in [2.45, 2.75) is 0 Å². The van der Waals surface area contributed by atoms with Crippen molar-refractivity contribution < 1.29 is 13.3 Å². The Morgan fingerprint density at radius 2 is 0.453 bits per heavy atom. The highest BCUT2D eigenvalue weighted by molar-refractivity contribution is 6.09. The van der Waals surface area contributed by atoms with Crippen molar-refractivity contribution in [3.63, 3.8) is 0 Å². The monoisotopic (exact) mass is 1780 g/mol. The molecule has 0 spiro atoms. The molecular weight excluding hydrogens is 1700 g/mol. The molecule has 9 aromatic heterocycles. The molecule has 26 aromatic rings. The van der Waals surface area contributed by atoms with Gasteiger partial charge in [0.15, 0.2) is 17.5 Å². The topological polar surface area (TPSA) is 160 Å². The number of hydrogen-bond acceptors (Lipinski definition) is 12. The van der Waals surface area contributed by atoms with Crippen LogP contribution >= 0.6 is 0 Å². The lowest BCUT2D eigenvalue weighted by atomic mass is 9.98. The van der Waals surface area contributed by atoms with Crippen molar-refractivity contribution in [1.82, 2.24) is 49.4 Å². The van der Waals surface area contributed by atoms with Gasteiger partial charge in [-0.15, -0.1) is 0 Å². The molecule has 0 saturated carbocycles. The fourth-order valence-corrected chi connectivity index (χ4v) is 18.4. The number of nitrogens with zero attached hydrogens (tertiary/aromatic N) is 10. The Morgan fingerprint density at radius 3 is 0.849 bits per heavy atom. The summed E-state index contributed by atoms with van der Waals surface area (Å²) in [6, 6.07) is 158. The van der Waals surface area contributed by atoms with Crippen molar-refractivity contribution in [3.8, 4) is 180 Å². The van der Waals surface area contributed by atoms with Gasteiger partial charge in [-0.25, -0.2) is 34.9 Å². The van der Waals surface area contributed by atoms with Gasteiger partial charge in [0.1, 0.15) is 39.3 Å². The van der Waals surface area contributed by atoms with Crippen molar-refractivity contribution in [2.75, 3.05) is 0 Å². The van der Waals surface area contributed by atoms with Gasteiger partial charge in [-0.2, -0.15) is 0 Å². The van der Waals surface area contributed by atoms with E-state index in [9.17, 15) is 0 Å². The molecule has 17 aromatic carbocycles. The highest BCUT2D eigenvalue weighted by Crippen LogP contribution is 2.42. The van der Waals surface area contributed by atoms with Crippen molar-refractivity contribution >= 4 is 76.8 Å². The minimum Gasteiger partial charge on any atom is -0.456 e. The second-order valence-corrected chi connectivity index (χ2v) is 34.4. The Labute approximate surface area is 800 Å². The molecule has 13 heteroatoms. The number of aryl methyl sites for hydroxylation is 1. The Kier molecular flexibility index (Phi) is 21.9. The normalized spacial score (nSPS) is 11.3. The summed E-state index contributed by atoms with van der Waals surface area (Å²) >= 11 is 0. The van der Waals surface area contributed by atoms with Crippen LogP contribution in [-0.2, 0) is 7.05 Å². The Hall–Kier alpha value is -18.9. The molecule has 0 amide bonds. The van der Waals surface area contributed by atoms with Gasteiger partial charge in [0.05, 0.1) is 50.9 Å². The van der Waals surface area contributed by atoms with Crippen LogP contribution in [0.1, 0.15) is 0 Å². The van der Waals surface area contributed by atoms with E-state index >= 15 is 0 Å². The molecule has 139 heavy (non-hydrogen) atoms. The first kappa shape index (κ1) is 83.2. The summed E-state index contributed by atoms with van der Waals surface area (Å²) in [7, 11) is 2.08. The maximum atomic E-state index is 6.06. The van der Waals surface area contributed by atoms with Crippen LogP contribution in [0.5, 0.6) is 0 Å². The molecule has 0 bridgehead atoms. The van der Waals surface area contributed by atoms with E-state index in [2.05, 4.69) is 295 Å². The van der Waals surface area contributed by atoms with E-state index in [0.717, 1.165) is 228 Å². The fraction of sp³-hybridized carbons (Fsp3) is 0.00794. The molecule has 0 aliphatic heterocycles. The van der Waals surface area contributed by atoms with E-state index in [1.807, 2.05) is 200 Å². The predicted molar refractivity (Wildman–Crippen MR) is 565 cm³/mol. The molecule has 0 N–H and O–H groups in total. The summed E-state index contributed by atoms with van der Waals surface area (Å²) < 4.78 is 20.3. The Morgan fingerprint density at radius 1 is 0.180 bits per heavy atom. The van der Waals surface area contributed by atoms with Gasteiger partial charge < -0.3 is 17.8 Å². The van der Waals surface area contributed by atoms with Crippen molar-refractivity contribution in [3.05, 3.63) is 480 Å². The van der Waals surface area contributed by atoms with Crippen LogP contribution in [0.15, 0.2) is 493 Å². The zero-order chi connectivity index (χ0) is 92.5. The van der Waals surface area contributed by atoms with Crippen LogP contribution in [0, 0.1) is 0 Å². The van der Waals surface area contributed by atoms with Gasteiger partial charge in [0, 0.05) is 119 Å². The van der Waals surface area contributed by atoms with Gasteiger partial charge in [-0.1, -0.05) is 358 Å². The molecule has 0 unspecified atom stereocenters. The quantitative estimate of drug-likeness (QED) is 0.0902. The second kappa shape index (κ2) is 36.6. The molecule has 0 aliphatic carbocycles. The number of aromatic nitrogens is 10. The van der Waals surface area contributed by atoms with Gasteiger partial charge in [-0.3, -0.25) is 9.97 Å². The molecule has 654 valence electrons. The third-order valence-corrected chi connectivity index (χ3v) is 25.7. The number of imidazole rings is 1. The standard InChI is InChI=1S/C48H32N4O.2C39H25N3O/c1-52-44-29-38(24-26-41(44)51-48(52)36-12-6-3-7-13-36)32-18-22-35(23-19-32)47-49-42(33-10-4-2-5-11-33)30-43(50-47)34-20-16-31(17-21-34)37-25-27-46-40(28-37)39-14-8-9-15-45(39)53-46;1-3-9-27(10-4-1)35-23-36(42-39(41-35)29-11-5-2-6-12-29)28-17-15-26(16-18-28)31-21-32(25-40-24-31)30-19-20-38-34(22-30)33-13-7-8-14-37(33)43-38;1-2-8-30(9-3-1)39-41-35(25-36(42-39)34-11-6-7-23-40-34)29-19-17-27(18-20-29)26-13-15-28(16-14-26)31-21-22-38-33(24-31)32-10-4-5-12-37(32)43-38/h2-30H,1H3;2*1-25H. The van der Waals surface area contributed by atoms with Crippen molar-refractivity contribution in [1.29, 1.82) is 0 Å². The first-order valence-electron chi connectivity index (χ1n) is 46.3. The highest BCUT2D eigenvalue weighted by Gasteiger charge is 2.21. The van der Waals surface area contributed by atoms with Crippen molar-refractivity contribution in [2.24, 2.45) is 7.05 Å². The Balaban J connectivity index is 0.000000114. The summed E-state index contributed by atoms with van der Waals surface area (Å²) in [6.45, 7) is 0. The largest absolute Gasteiger partial charge is 0.456 e. The van der Waals surface area contributed by atoms with Gasteiger partial charge in [0.25, 0.3) is 0 Å². The molecule has 0 atom stereocenters. The zero-order valence-electron chi connectivity index (χ0n) is 75.3. The molecule has 0 saturated heterocycles. The van der Waals surface area contributed by atoms with Crippen LogP contribution in [0.25, 0.3) is 257 Å². The fourth-order valence-electron chi connectivity index (χ4n) is 18.4. The SMILES string of the molecule is Cn1c(-c2ccccc2)nc2ccc(-c3ccc(-c4nc(-c5ccccc5)cc(-c5ccc(-c6ccc7oc8ccccc8c7c6)cc5)n4)cc3)cc21.c1ccc(-c2cc(-c3ccc(-c4cncc(-c5ccc6oc7ccccc7c6c5)c4)cc3)nc(-c3ccccc3)n2)cc1.c1ccc(-c2nc(-c3ccc(-c4ccc(-c5ccc6oc7ccccc7c6c5)cc4)cc3)cc(-c3ccccn3)n2)cc1. The van der Waals surface area contributed by atoms with E-state index in [-0.39, 0.29) is 0 Å². The average molecular weight is 1780 g/mol. The van der Waals surface area contributed by atoms with E-state index in [1.54, 1.807) is 6.20 Å². The number of hydrogen-bond donors (Lipinski definition) is 0. The van der Waals surface area contributed by atoms with E-state index in [0.29, 0.717) is 17.5 Å². The number of furan rings is 3. The molecule has 9 heterocycles. The summed E-state index contributed by atoms with van der Waals surface area (Å²) in [5.74, 6) is 3.03. The second-order valence-electron chi connectivity index (χ2n) is 34.4. The minimum atomic E-state index is 0.681. The van der Waals surface area contributed by atoms with Crippen LogP contribution in [0.4, 0.5) is 0 Å². The maximum absolute atomic E-state index is 6.06. The summed E-state index contributed by atoms with van der Waals surface area (Å²) in [6.07, 6.45) is 5.62. The summed E-state index contributed by atoms with van der Waals surface area (Å²) in [4.78, 5) is 43.9. The smallest absolute Gasteiger partial charge is 0.160 e. The minimum absolute atomic E-state index is 0.681. The number of para-hydroxylation sites is 3. The lowest BCUT2D eigenvalue weighted by molar-refractivity contribution is 0.668. The van der Waals surface area contributed by atoms with Crippen LogP contribution < -0.4 is 0 Å². The van der Waals surface area contributed by atoms with Crippen LogP contribution in [0.3, 0.4) is 0 Å². The maximum Gasteiger partial charge on any atom is 0.160 e. The molecular formula is C126H82N10O3. The lowest BCUT2D eigenvalue weighted by Gasteiger charge is -2.11. The molecule has 26 rings (SSSR count). The van der Waals surface area contributed by atoms with Gasteiger partial charge in [-0.05, 0) is 159 Å². The number of pyridine rings is 2. The van der Waals surface area contributed by atoms with Crippen LogP contribution in [-0.4, -0.2) is 49.4 Å². The number of rotatable bonds is 16. The Bertz CT molecular complexity index is 8890. The zero-order valence-corrected chi connectivity index (χ0v) is 75.3. The third-order valence-electron chi connectivity index (χ3n) is 25.7. The third kappa shape index (κ3) is 17.0. The highest BCUT2D eigenvalue weighted by atomic mass is 16.3. The molecule has 0 radical (unpaired) electrons. The lowest BCUT2D eigenvalue weighted by Crippen LogP contribution is -1.96. The average Bonchev–Trinajstić information content (AvgIpc) is 1.70. The molecule has 0 aliphatic rings. The number of benzene rings is 17.